The first kappa shape index (κ1) is 19.3. The van der Waals surface area contributed by atoms with E-state index in [4.69, 9.17) is 4.42 Å². The highest BCUT2D eigenvalue weighted by Gasteiger charge is 2.17. The van der Waals surface area contributed by atoms with Gasteiger partial charge in [0.25, 0.3) is 5.91 Å². The molecule has 7 nitrogen and oxygen atoms in total. The molecule has 4 aromatic rings. The Bertz CT molecular complexity index is 1160. The monoisotopic (exact) mass is 399 g/mol. The molecule has 0 bridgehead atoms. The molecule has 0 spiro atoms. The van der Waals surface area contributed by atoms with Crippen molar-refractivity contribution >= 4 is 18.1 Å². The van der Waals surface area contributed by atoms with Gasteiger partial charge in [0.05, 0.1) is 5.69 Å². The van der Waals surface area contributed by atoms with Crippen LogP contribution in [0.2, 0.25) is 0 Å². The summed E-state index contributed by atoms with van der Waals surface area (Å²) >= 11 is 0. The van der Waals surface area contributed by atoms with Gasteiger partial charge in [-0.1, -0.05) is 36.4 Å². The second kappa shape index (κ2) is 8.57. The van der Waals surface area contributed by atoms with Crippen LogP contribution >= 0.6 is 0 Å². The van der Waals surface area contributed by atoms with Gasteiger partial charge in [-0.2, -0.15) is 5.10 Å². The van der Waals surface area contributed by atoms with Gasteiger partial charge in [-0.15, -0.1) is 10.2 Å². The highest BCUT2D eigenvalue weighted by atomic mass is 16.4. The van der Waals surface area contributed by atoms with Crippen molar-refractivity contribution in [1.29, 1.82) is 0 Å². The molecule has 0 fully saturated rings. The van der Waals surface area contributed by atoms with E-state index < -0.39 is 0 Å². The number of nitrogens with one attached hydrogen (secondary N) is 1. The number of hydrogen-bond donors (Lipinski definition) is 1. The molecule has 4 rings (SSSR count). The van der Waals surface area contributed by atoms with Gasteiger partial charge < -0.3 is 9.73 Å². The Balaban J connectivity index is 1.65. The molecule has 0 aliphatic rings. The van der Waals surface area contributed by atoms with Crippen molar-refractivity contribution in [3.8, 4) is 17.1 Å². The molecule has 30 heavy (non-hydrogen) atoms. The lowest BCUT2D eigenvalue weighted by molar-refractivity contribution is 0.0937. The molecule has 2 aromatic heterocycles. The maximum absolute atomic E-state index is 12.6. The molecule has 2 aromatic carbocycles. The highest BCUT2D eigenvalue weighted by Crippen LogP contribution is 2.19. The fourth-order valence-electron chi connectivity index (χ4n) is 2.89. The zero-order valence-corrected chi connectivity index (χ0v) is 16.7. The zero-order chi connectivity index (χ0) is 20.9. The number of rotatable bonds is 6. The summed E-state index contributed by atoms with van der Waals surface area (Å²) in [5, 5.41) is 15.5. The molecular weight excluding hydrogens is 378 g/mol. The molecule has 0 atom stereocenters. The molecule has 1 amide bonds. The molecule has 150 valence electrons. The summed E-state index contributed by atoms with van der Waals surface area (Å²) in [6.45, 7) is 3.82. The van der Waals surface area contributed by atoms with Crippen LogP contribution in [0.15, 0.2) is 71.3 Å². The number of benzene rings is 2. The van der Waals surface area contributed by atoms with E-state index >= 15 is 0 Å². The Labute approximate surface area is 174 Å². The van der Waals surface area contributed by atoms with Crippen LogP contribution < -0.4 is 5.32 Å². The lowest BCUT2D eigenvalue weighted by Gasteiger charge is -2.06. The predicted molar refractivity (Wildman–Crippen MR) is 115 cm³/mol. The van der Waals surface area contributed by atoms with Crippen LogP contribution in [0.4, 0.5) is 0 Å². The lowest BCUT2D eigenvalue weighted by Crippen LogP contribution is -2.31. The van der Waals surface area contributed by atoms with Gasteiger partial charge in [-0.05, 0) is 44.2 Å². The maximum atomic E-state index is 12.6. The van der Waals surface area contributed by atoms with E-state index in [0.717, 1.165) is 11.3 Å². The van der Waals surface area contributed by atoms with Crippen LogP contribution in [-0.4, -0.2) is 31.9 Å². The third-order valence-electron chi connectivity index (χ3n) is 4.26. The van der Waals surface area contributed by atoms with E-state index in [9.17, 15) is 4.79 Å². The average molecular weight is 399 g/mol. The van der Waals surface area contributed by atoms with Crippen molar-refractivity contribution in [2.75, 3.05) is 0 Å². The molecule has 7 heteroatoms. The SMILES string of the molecule is CC(C)NC(=O)c1nn(-c2ccccc2)cc1C=Cc1nnc(-c2ccccc2)o1. The van der Waals surface area contributed by atoms with E-state index in [0.29, 0.717) is 23.0 Å². The third kappa shape index (κ3) is 4.35. The first-order chi connectivity index (χ1) is 14.6. The van der Waals surface area contributed by atoms with E-state index in [1.165, 1.54) is 0 Å². The van der Waals surface area contributed by atoms with Gasteiger partial charge in [-0.25, -0.2) is 4.68 Å². The summed E-state index contributed by atoms with van der Waals surface area (Å²) in [4.78, 5) is 12.6. The Hall–Kier alpha value is -4.00. The Morgan fingerprint density at radius 3 is 2.40 bits per heavy atom. The van der Waals surface area contributed by atoms with Gasteiger partial charge in [-0.3, -0.25) is 4.79 Å². The summed E-state index contributed by atoms with van der Waals surface area (Å²) in [5.41, 5.74) is 2.68. The molecule has 0 aliphatic heterocycles. The lowest BCUT2D eigenvalue weighted by atomic mass is 10.2. The summed E-state index contributed by atoms with van der Waals surface area (Å²) in [5.74, 6) is 0.541. The van der Waals surface area contributed by atoms with E-state index in [1.807, 2.05) is 74.5 Å². The molecule has 1 N–H and O–H groups in total. The van der Waals surface area contributed by atoms with Gasteiger partial charge in [0.1, 0.15) is 0 Å². The summed E-state index contributed by atoms with van der Waals surface area (Å²) in [6, 6.07) is 19.2. The minimum absolute atomic E-state index is 0.000533. The molecular formula is C23H21N5O2. The number of para-hydroxylation sites is 1. The van der Waals surface area contributed by atoms with Gasteiger partial charge in [0.2, 0.25) is 11.8 Å². The van der Waals surface area contributed by atoms with E-state index in [1.54, 1.807) is 23.0 Å². The predicted octanol–water partition coefficient (Wildman–Crippen LogP) is 4.23. The minimum atomic E-state index is -0.241. The maximum Gasteiger partial charge on any atom is 0.272 e. The van der Waals surface area contributed by atoms with Crippen molar-refractivity contribution in [1.82, 2.24) is 25.3 Å². The topological polar surface area (TPSA) is 85.8 Å². The fraction of sp³-hybridized carbons (Fsp3) is 0.130. The number of carbonyl (C=O) groups is 1. The number of nitrogens with zero attached hydrogens (tertiary/aromatic N) is 4. The summed E-state index contributed by atoms with van der Waals surface area (Å²) < 4.78 is 7.39. The number of amides is 1. The van der Waals surface area contributed by atoms with Gasteiger partial charge in [0.15, 0.2) is 5.69 Å². The second-order valence-corrected chi connectivity index (χ2v) is 6.99. The Morgan fingerprint density at radius 2 is 1.70 bits per heavy atom. The zero-order valence-electron chi connectivity index (χ0n) is 16.7. The first-order valence-corrected chi connectivity index (χ1v) is 9.63. The van der Waals surface area contributed by atoms with Crippen LogP contribution in [0.5, 0.6) is 0 Å². The van der Waals surface area contributed by atoms with E-state index in [-0.39, 0.29) is 11.9 Å². The second-order valence-electron chi connectivity index (χ2n) is 6.99. The quantitative estimate of drug-likeness (QED) is 0.524. The molecule has 0 saturated carbocycles. The molecule has 2 heterocycles. The van der Waals surface area contributed by atoms with Crippen LogP contribution in [0, 0.1) is 0 Å². The minimum Gasteiger partial charge on any atom is -0.417 e. The number of aromatic nitrogens is 4. The first-order valence-electron chi connectivity index (χ1n) is 9.63. The number of hydrogen-bond acceptors (Lipinski definition) is 5. The standard InChI is InChI=1S/C23H21N5O2/c1-16(2)24-22(29)21-18(15-28(27-21)19-11-7-4-8-12-19)13-14-20-25-26-23(30-20)17-9-5-3-6-10-17/h3-16H,1-2H3,(H,24,29). The molecule has 0 radical (unpaired) electrons. The van der Waals surface area contributed by atoms with Crippen LogP contribution in [0.1, 0.15) is 35.8 Å². The largest absolute Gasteiger partial charge is 0.417 e. The van der Waals surface area contributed by atoms with Crippen LogP contribution in [-0.2, 0) is 0 Å². The smallest absolute Gasteiger partial charge is 0.272 e. The summed E-state index contributed by atoms with van der Waals surface area (Å²) in [7, 11) is 0. The molecule has 0 saturated heterocycles. The summed E-state index contributed by atoms with van der Waals surface area (Å²) in [6.07, 6.45) is 5.23. The molecule has 0 unspecified atom stereocenters. The third-order valence-corrected chi connectivity index (χ3v) is 4.26. The Kier molecular flexibility index (Phi) is 5.52. The van der Waals surface area contributed by atoms with Crippen LogP contribution in [0.25, 0.3) is 29.3 Å². The van der Waals surface area contributed by atoms with Crippen molar-refractivity contribution in [2.45, 2.75) is 19.9 Å². The number of carbonyl (C=O) groups excluding carboxylic acids is 1. The fourth-order valence-corrected chi connectivity index (χ4v) is 2.89. The van der Waals surface area contributed by atoms with E-state index in [2.05, 4.69) is 20.6 Å². The normalized spacial score (nSPS) is 11.3. The van der Waals surface area contributed by atoms with Gasteiger partial charge in [0, 0.05) is 29.4 Å². The molecule has 0 aliphatic carbocycles. The van der Waals surface area contributed by atoms with Crippen LogP contribution in [0.3, 0.4) is 0 Å². The Morgan fingerprint density at radius 1 is 1.00 bits per heavy atom. The van der Waals surface area contributed by atoms with Crippen molar-refractivity contribution in [2.24, 2.45) is 0 Å². The highest BCUT2D eigenvalue weighted by molar-refractivity contribution is 5.96. The van der Waals surface area contributed by atoms with Crippen molar-refractivity contribution < 1.29 is 9.21 Å². The van der Waals surface area contributed by atoms with Gasteiger partial charge >= 0.3 is 0 Å². The average Bonchev–Trinajstić information content (AvgIpc) is 3.40. The van der Waals surface area contributed by atoms with Crippen molar-refractivity contribution in [3.63, 3.8) is 0 Å². The van der Waals surface area contributed by atoms with Crippen molar-refractivity contribution in [3.05, 3.63) is 84.0 Å².